The van der Waals surface area contributed by atoms with E-state index in [2.05, 4.69) is 20.0 Å². The summed E-state index contributed by atoms with van der Waals surface area (Å²) in [4.78, 5) is 31.0. The molecule has 0 fully saturated rings. The molecular weight excluding hydrogens is 363 g/mol. The van der Waals surface area contributed by atoms with Gasteiger partial charge in [-0.1, -0.05) is 11.3 Å². The van der Waals surface area contributed by atoms with Gasteiger partial charge >= 0.3 is 12.1 Å². The van der Waals surface area contributed by atoms with Gasteiger partial charge in [0, 0.05) is 11.8 Å². The van der Waals surface area contributed by atoms with Crippen LogP contribution in [-0.2, 0) is 14.3 Å². The van der Waals surface area contributed by atoms with E-state index in [-0.39, 0.29) is 5.13 Å². The van der Waals surface area contributed by atoms with Crippen LogP contribution in [-0.4, -0.2) is 41.7 Å². The molecule has 0 atom stereocenters. The summed E-state index contributed by atoms with van der Waals surface area (Å²) in [7, 11) is 1.49. The van der Waals surface area contributed by atoms with E-state index in [1.54, 1.807) is 19.2 Å². The number of esters is 1. The monoisotopic (exact) mass is 375 g/mol. The molecule has 0 aliphatic rings. The van der Waals surface area contributed by atoms with Crippen molar-refractivity contribution >= 4 is 28.3 Å². The second kappa shape index (κ2) is 7.47. The molecule has 2 aromatic rings. The fraction of sp³-hybridized carbons (Fsp3) is 0.286. The Bertz CT molecular complexity index is 792. The number of carbonyl (C=O) groups is 2. The van der Waals surface area contributed by atoms with E-state index in [4.69, 9.17) is 4.74 Å². The molecule has 11 heteroatoms. The number of rotatable bonds is 5. The van der Waals surface area contributed by atoms with Crippen LogP contribution in [0.3, 0.4) is 0 Å². The molecule has 0 radical (unpaired) electrons. The van der Waals surface area contributed by atoms with Crippen LogP contribution in [0, 0.1) is 6.92 Å². The molecule has 1 N–H and O–H groups in total. The number of nitrogens with zero attached hydrogens (tertiary/aromatic N) is 2. The maximum absolute atomic E-state index is 12.0. The van der Waals surface area contributed by atoms with Crippen LogP contribution in [0.4, 0.5) is 18.3 Å². The van der Waals surface area contributed by atoms with Crippen LogP contribution in [0.15, 0.2) is 18.5 Å². The standard InChI is InChI=1S/C14H12F3N3O4S/c1-7-11(8-3-9(23-2)5-18-4-8)25-13(19-7)20-10(21)6-24-12(22)14(15,16)17/h3-5H,6H2,1-2H3,(H,19,20,21). The molecule has 1 amide bonds. The van der Waals surface area contributed by atoms with Gasteiger partial charge in [0.1, 0.15) is 5.75 Å². The molecule has 2 heterocycles. The lowest BCUT2D eigenvalue weighted by molar-refractivity contribution is -0.199. The van der Waals surface area contributed by atoms with Gasteiger partial charge in [-0.15, -0.1) is 0 Å². The number of halogens is 3. The number of aryl methyl sites for hydroxylation is 1. The van der Waals surface area contributed by atoms with Crippen molar-refractivity contribution < 1.29 is 32.2 Å². The number of pyridine rings is 1. The van der Waals surface area contributed by atoms with E-state index < -0.39 is 24.7 Å². The van der Waals surface area contributed by atoms with Gasteiger partial charge < -0.3 is 9.47 Å². The number of ether oxygens (including phenoxy) is 2. The largest absolute Gasteiger partial charge is 0.495 e. The number of carbonyl (C=O) groups excluding carboxylic acids is 2. The predicted octanol–water partition coefficient (Wildman–Crippen LogP) is 2.57. The topological polar surface area (TPSA) is 90.4 Å². The highest BCUT2D eigenvalue weighted by Crippen LogP contribution is 2.33. The predicted molar refractivity (Wildman–Crippen MR) is 82.3 cm³/mol. The molecule has 0 aromatic carbocycles. The molecule has 0 bridgehead atoms. The second-order valence-electron chi connectivity index (χ2n) is 4.67. The first-order chi connectivity index (χ1) is 11.7. The van der Waals surface area contributed by atoms with Crippen molar-refractivity contribution in [1.82, 2.24) is 9.97 Å². The van der Waals surface area contributed by atoms with Crippen LogP contribution < -0.4 is 10.1 Å². The minimum atomic E-state index is -5.15. The summed E-state index contributed by atoms with van der Waals surface area (Å²) in [5, 5.41) is 2.44. The first-order valence-corrected chi connectivity index (χ1v) is 7.53. The van der Waals surface area contributed by atoms with Crippen LogP contribution in [0.2, 0.25) is 0 Å². The van der Waals surface area contributed by atoms with Crippen molar-refractivity contribution in [1.29, 1.82) is 0 Å². The van der Waals surface area contributed by atoms with Crippen molar-refractivity contribution in [2.45, 2.75) is 13.1 Å². The summed E-state index contributed by atoms with van der Waals surface area (Å²) in [6.45, 7) is 0.637. The Labute approximate surface area is 143 Å². The molecule has 25 heavy (non-hydrogen) atoms. The molecule has 2 rings (SSSR count). The molecule has 7 nitrogen and oxygen atoms in total. The van der Waals surface area contributed by atoms with Crippen LogP contribution >= 0.6 is 11.3 Å². The molecule has 0 unspecified atom stereocenters. The lowest BCUT2D eigenvalue weighted by Gasteiger charge is -2.06. The lowest BCUT2D eigenvalue weighted by atomic mass is 10.2. The number of hydrogen-bond donors (Lipinski definition) is 1. The Morgan fingerprint density at radius 3 is 2.68 bits per heavy atom. The third-order valence-electron chi connectivity index (χ3n) is 2.82. The minimum Gasteiger partial charge on any atom is -0.495 e. The number of aromatic nitrogens is 2. The second-order valence-corrected chi connectivity index (χ2v) is 5.67. The Morgan fingerprint density at radius 2 is 2.04 bits per heavy atom. The fourth-order valence-corrected chi connectivity index (χ4v) is 2.70. The molecule has 134 valence electrons. The summed E-state index contributed by atoms with van der Waals surface area (Å²) in [6, 6.07) is 1.73. The summed E-state index contributed by atoms with van der Waals surface area (Å²) < 4.78 is 44.9. The van der Waals surface area contributed by atoms with Gasteiger partial charge in [0.2, 0.25) is 0 Å². The summed E-state index contributed by atoms with van der Waals surface area (Å²) in [5.74, 6) is -2.82. The van der Waals surface area contributed by atoms with Crippen LogP contribution in [0.5, 0.6) is 5.75 Å². The average molecular weight is 375 g/mol. The van der Waals surface area contributed by atoms with Crippen molar-refractivity contribution in [3.8, 4) is 16.2 Å². The maximum Gasteiger partial charge on any atom is 0.490 e. The number of anilines is 1. The molecule has 2 aromatic heterocycles. The van der Waals surface area contributed by atoms with Crippen molar-refractivity contribution in [2.24, 2.45) is 0 Å². The highest BCUT2D eigenvalue weighted by Gasteiger charge is 2.41. The first-order valence-electron chi connectivity index (χ1n) is 6.71. The van der Waals surface area contributed by atoms with Gasteiger partial charge in [-0.25, -0.2) is 9.78 Å². The van der Waals surface area contributed by atoms with Gasteiger partial charge in [0.25, 0.3) is 5.91 Å². The quantitative estimate of drug-likeness (QED) is 0.808. The molecule has 0 saturated carbocycles. The Kier molecular flexibility index (Phi) is 5.57. The van der Waals surface area contributed by atoms with E-state index in [1.165, 1.54) is 13.3 Å². The minimum absolute atomic E-state index is 0.156. The van der Waals surface area contributed by atoms with Crippen LogP contribution in [0.1, 0.15) is 5.69 Å². The summed E-state index contributed by atoms with van der Waals surface area (Å²) in [6.07, 6.45) is -2.04. The van der Waals surface area contributed by atoms with E-state index in [9.17, 15) is 22.8 Å². The molecule has 0 aliphatic carbocycles. The SMILES string of the molecule is COc1cncc(-c2sc(NC(=O)COC(=O)C(F)(F)F)nc2C)c1. The van der Waals surface area contributed by atoms with Crippen molar-refractivity contribution in [3.63, 3.8) is 0 Å². The Hall–Kier alpha value is -2.69. The third-order valence-corrected chi connectivity index (χ3v) is 3.94. The zero-order valence-electron chi connectivity index (χ0n) is 13.0. The zero-order valence-corrected chi connectivity index (χ0v) is 13.8. The van der Waals surface area contributed by atoms with Gasteiger partial charge in [-0.2, -0.15) is 13.2 Å². The Balaban J connectivity index is 2.04. The normalized spacial score (nSPS) is 11.1. The molecule has 0 aliphatic heterocycles. The summed E-state index contributed by atoms with van der Waals surface area (Å²) in [5.41, 5.74) is 1.29. The van der Waals surface area contributed by atoms with Gasteiger partial charge in [0.15, 0.2) is 11.7 Å². The molecule has 0 saturated heterocycles. The number of nitrogens with one attached hydrogen (secondary N) is 1. The number of thiazole rings is 1. The van der Waals surface area contributed by atoms with E-state index in [0.29, 0.717) is 21.9 Å². The van der Waals surface area contributed by atoms with Gasteiger partial charge in [-0.3, -0.25) is 15.1 Å². The smallest absolute Gasteiger partial charge is 0.490 e. The third kappa shape index (κ3) is 4.89. The highest BCUT2D eigenvalue weighted by molar-refractivity contribution is 7.19. The van der Waals surface area contributed by atoms with E-state index >= 15 is 0 Å². The van der Waals surface area contributed by atoms with E-state index in [0.717, 1.165) is 11.3 Å². The molecule has 0 spiro atoms. The van der Waals surface area contributed by atoms with Crippen molar-refractivity contribution in [2.75, 3.05) is 19.0 Å². The number of alkyl halides is 3. The number of methoxy groups -OCH3 is 1. The number of hydrogen-bond acceptors (Lipinski definition) is 7. The van der Waals surface area contributed by atoms with Gasteiger partial charge in [0.05, 0.1) is 23.9 Å². The number of amides is 1. The molecular formula is C14H12F3N3O4S. The van der Waals surface area contributed by atoms with Gasteiger partial charge in [-0.05, 0) is 13.0 Å². The Morgan fingerprint density at radius 1 is 1.32 bits per heavy atom. The lowest BCUT2D eigenvalue weighted by Crippen LogP contribution is -2.29. The first kappa shape index (κ1) is 18.6. The van der Waals surface area contributed by atoms with E-state index in [1.807, 2.05) is 0 Å². The average Bonchev–Trinajstić information content (AvgIpc) is 2.92. The highest BCUT2D eigenvalue weighted by atomic mass is 32.1. The fourth-order valence-electron chi connectivity index (χ4n) is 1.74. The maximum atomic E-state index is 12.0. The van der Waals surface area contributed by atoms with Crippen molar-refractivity contribution in [3.05, 3.63) is 24.2 Å². The summed E-state index contributed by atoms with van der Waals surface area (Å²) >= 11 is 1.10. The van der Waals surface area contributed by atoms with Crippen LogP contribution in [0.25, 0.3) is 10.4 Å². The zero-order chi connectivity index (χ0) is 18.6.